The molecule has 0 unspecified atom stereocenters. The molecule has 4 atom stereocenters. The Balaban J connectivity index is 0.910. The third-order valence-corrected chi connectivity index (χ3v) is 11.0. The van der Waals surface area contributed by atoms with Crippen molar-refractivity contribution in [2.24, 2.45) is 4.99 Å². The third kappa shape index (κ3) is 5.70. The molecule has 53 heavy (non-hydrogen) atoms. The number of anilines is 2. The fourth-order valence-electron chi connectivity index (χ4n) is 8.58. The second-order valence-corrected chi connectivity index (χ2v) is 15.2. The molecule has 0 aliphatic carbocycles. The minimum Gasteiger partial charge on any atom is -0.507 e. The average molecular weight is 717 g/mol. The van der Waals surface area contributed by atoms with Crippen molar-refractivity contribution in [2.75, 3.05) is 18.0 Å². The van der Waals surface area contributed by atoms with Crippen LogP contribution in [0.1, 0.15) is 68.0 Å². The Morgan fingerprint density at radius 2 is 1.89 bits per heavy atom. The molecule has 13 nitrogen and oxygen atoms in total. The molecule has 272 valence electrons. The van der Waals surface area contributed by atoms with Crippen molar-refractivity contribution in [3.8, 4) is 22.8 Å². The number of epoxide rings is 1. The van der Waals surface area contributed by atoms with Gasteiger partial charge in [-0.15, -0.1) is 0 Å². The van der Waals surface area contributed by atoms with Crippen LogP contribution >= 0.6 is 0 Å². The van der Waals surface area contributed by atoms with E-state index < -0.39 is 29.2 Å². The molecule has 13 heteroatoms. The van der Waals surface area contributed by atoms with Gasteiger partial charge in [0.25, 0.3) is 0 Å². The van der Waals surface area contributed by atoms with E-state index in [9.17, 15) is 14.7 Å². The number of fused-ring (bicyclic) bond motifs is 5. The van der Waals surface area contributed by atoms with E-state index in [1.54, 1.807) is 19.1 Å². The van der Waals surface area contributed by atoms with Gasteiger partial charge in [0.1, 0.15) is 51.6 Å². The number of phenolic OH excluding ortho intramolecular Hbond substituents is 1. The monoisotopic (exact) mass is 716 g/mol. The maximum absolute atomic E-state index is 14.0. The van der Waals surface area contributed by atoms with E-state index in [1.165, 1.54) is 11.6 Å². The van der Waals surface area contributed by atoms with Crippen LogP contribution < -0.4 is 21.6 Å². The van der Waals surface area contributed by atoms with Crippen LogP contribution in [0.2, 0.25) is 0 Å². The standard InChI is InChI=1S/C40H40N6O7/c1-20-11-28(47)35-29(50-20)16-30-34(36(35)48)25-5-4-9-40(38(49)51-37(25)39(2,3)52-30)31(53-40)7-6-21-12-26(45-32(41)13-21)23-14-24(44-33(42)15-23)18-46-17-22-8-10-43-27(22)19-46/h8,10-16,19,25,31,37,48H,4-7,9,17-18H2,1-3H3,(H2,41,45)(H2,42,44)/t25-,31+,37+,40-/m0/s1. The second-order valence-electron chi connectivity index (χ2n) is 15.2. The van der Waals surface area contributed by atoms with Gasteiger partial charge in [0.2, 0.25) is 0 Å². The molecule has 9 rings (SSSR count). The molecule has 4 aromatic rings. The predicted molar refractivity (Wildman–Crippen MR) is 197 cm³/mol. The zero-order valence-corrected chi connectivity index (χ0v) is 29.7. The minimum absolute atomic E-state index is 0.0927. The Morgan fingerprint density at radius 1 is 1.06 bits per heavy atom. The van der Waals surface area contributed by atoms with Crippen LogP contribution in [-0.2, 0) is 27.2 Å². The number of aryl methyl sites for hydroxylation is 2. The summed E-state index contributed by atoms with van der Waals surface area (Å²) < 4.78 is 24.6. The zero-order valence-electron chi connectivity index (χ0n) is 29.7. The first kappa shape index (κ1) is 33.2. The molecule has 1 aromatic carbocycles. The van der Waals surface area contributed by atoms with Gasteiger partial charge in [-0.1, -0.05) is 0 Å². The van der Waals surface area contributed by atoms with E-state index in [0.717, 1.165) is 29.1 Å². The summed E-state index contributed by atoms with van der Waals surface area (Å²) in [5.74, 6) is 0.600. The first-order chi connectivity index (χ1) is 25.4. The number of ether oxygens (including phenoxy) is 3. The number of aromatic hydroxyl groups is 1. The normalized spacial score (nSPS) is 25.2. The number of carbonyl (C=O) groups excluding carboxylic acids is 1. The molecular weight excluding hydrogens is 676 g/mol. The number of hydrogen-bond donors (Lipinski definition) is 3. The van der Waals surface area contributed by atoms with Gasteiger partial charge in [-0.25, -0.2) is 14.8 Å². The average Bonchev–Trinajstić information content (AvgIpc) is 3.40. The molecule has 0 radical (unpaired) electrons. The lowest BCUT2D eigenvalue weighted by atomic mass is 9.76. The van der Waals surface area contributed by atoms with Gasteiger partial charge in [-0.2, -0.15) is 0 Å². The van der Waals surface area contributed by atoms with Crippen LogP contribution in [0.25, 0.3) is 22.2 Å². The molecule has 5 N–H and O–H groups in total. The van der Waals surface area contributed by atoms with Crippen LogP contribution in [0.4, 0.5) is 11.6 Å². The molecule has 3 aromatic heterocycles. The number of aliphatic imine (C=N–C) groups is 1. The number of hydrogen-bond acceptors (Lipinski definition) is 13. The van der Waals surface area contributed by atoms with Crippen LogP contribution in [-0.4, -0.2) is 62.1 Å². The highest BCUT2D eigenvalue weighted by Crippen LogP contribution is 2.54. The van der Waals surface area contributed by atoms with E-state index in [1.807, 2.05) is 50.5 Å². The van der Waals surface area contributed by atoms with Gasteiger partial charge in [0.15, 0.2) is 11.0 Å². The lowest BCUT2D eigenvalue weighted by molar-refractivity contribution is -0.173. The molecule has 0 amide bonds. The number of benzene rings is 1. The largest absolute Gasteiger partial charge is 0.507 e. The van der Waals surface area contributed by atoms with E-state index >= 15 is 0 Å². The summed E-state index contributed by atoms with van der Waals surface area (Å²) in [5.41, 5.74) is 16.4. The summed E-state index contributed by atoms with van der Waals surface area (Å²) >= 11 is 0. The van der Waals surface area contributed by atoms with E-state index in [0.29, 0.717) is 73.1 Å². The minimum atomic E-state index is -1.06. The van der Waals surface area contributed by atoms with E-state index in [2.05, 4.69) is 19.9 Å². The smallest absolute Gasteiger partial charge is 0.341 e. The van der Waals surface area contributed by atoms with Crippen molar-refractivity contribution in [1.29, 1.82) is 0 Å². The summed E-state index contributed by atoms with van der Waals surface area (Å²) in [6.45, 7) is 6.75. The van der Waals surface area contributed by atoms with Gasteiger partial charge < -0.3 is 40.1 Å². The predicted octanol–water partition coefficient (Wildman–Crippen LogP) is 5.22. The van der Waals surface area contributed by atoms with E-state index in [-0.39, 0.29) is 28.3 Å². The van der Waals surface area contributed by atoms with Crippen molar-refractivity contribution in [2.45, 2.75) is 88.7 Å². The number of phenols is 1. The van der Waals surface area contributed by atoms with Gasteiger partial charge in [0, 0.05) is 53.7 Å². The van der Waals surface area contributed by atoms with Crippen LogP contribution in [0.15, 0.2) is 74.1 Å². The number of nitrogens with zero attached hydrogens (tertiary/aromatic N) is 4. The molecule has 5 aliphatic heterocycles. The summed E-state index contributed by atoms with van der Waals surface area (Å²) in [6, 6.07) is 10.6. The van der Waals surface area contributed by atoms with E-state index in [4.69, 9.17) is 30.1 Å². The Labute approximate surface area is 305 Å². The molecule has 0 bridgehead atoms. The maximum atomic E-state index is 14.0. The van der Waals surface area contributed by atoms with Crippen LogP contribution in [0.5, 0.6) is 11.5 Å². The lowest BCUT2D eigenvalue weighted by Gasteiger charge is -2.45. The lowest BCUT2D eigenvalue weighted by Crippen LogP contribution is -2.53. The third-order valence-electron chi connectivity index (χ3n) is 11.0. The summed E-state index contributed by atoms with van der Waals surface area (Å²) in [7, 11) is 0. The van der Waals surface area contributed by atoms with Gasteiger partial charge in [0.05, 0.1) is 29.7 Å². The topological polar surface area (TPSA) is 192 Å². The number of nitrogen functional groups attached to an aromatic ring is 2. The SMILES string of the molecule is Cc1cc(=O)c2c(O)c3c(cc2o1)OC(C)(C)[C@@H]1OC(=O)[C@@]2(CCC[C@@H]31)O[C@@H]2CCc1cc(N)nc(-c2cc(N)nc(CN3C=C4N=CC=C4C3)c2)c1. The summed E-state index contributed by atoms with van der Waals surface area (Å²) in [4.78, 5) is 42.6. The fraction of sp³-hybridized carbons (Fsp3) is 0.375. The number of carbonyl (C=O) groups is 1. The maximum Gasteiger partial charge on any atom is 0.341 e. The Hall–Kier alpha value is -5.69. The number of rotatable bonds is 6. The molecule has 1 spiro atoms. The molecule has 5 aliphatic rings. The van der Waals surface area contributed by atoms with Gasteiger partial charge in [-0.05, 0) is 88.8 Å². The van der Waals surface area contributed by atoms with Crippen LogP contribution in [0.3, 0.4) is 0 Å². The number of allylic oxidation sites excluding steroid dienone is 1. The first-order valence-corrected chi connectivity index (χ1v) is 18.0. The molecule has 2 saturated heterocycles. The molecule has 0 saturated carbocycles. The summed E-state index contributed by atoms with van der Waals surface area (Å²) in [6.07, 6.45) is 7.67. The Morgan fingerprint density at radius 3 is 2.72 bits per heavy atom. The highest BCUT2D eigenvalue weighted by molar-refractivity contribution is 5.88. The molecule has 8 heterocycles. The quantitative estimate of drug-likeness (QED) is 0.174. The van der Waals surface area contributed by atoms with Gasteiger partial charge in [-0.3, -0.25) is 9.79 Å². The fourth-order valence-corrected chi connectivity index (χ4v) is 8.58. The Kier molecular flexibility index (Phi) is 7.46. The van der Waals surface area contributed by atoms with Crippen molar-refractivity contribution in [1.82, 2.24) is 14.9 Å². The highest BCUT2D eigenvalue weighted by Gasteiger charge is 2.65. The Bertz CT molecular complexity index is 2380. The number of aromatic nitrogens is 2. The van der Waals surface area contributed by atoms with Gasteiger partial charge >= 0.3 is 5.97 Å². The van der Waals surface area contributed by atoms with Crippen molar-refractivity contribution in [3.63, 3.8) is 0 Å². The zero-order chi connectivity index (χ0) is 36.8. The number of pyridine rings is 2. The van der Waals surface area contributed by atoms with Crippen molar-refractivity contribution < 1.29 is 28.5 Å². The first-order valence-electron chi connectivity index (χ1n) is 18.0. The number of nitrogens with two attached hydrogens (primary N) is 2. The molecular formula is C40H40N6O7. The second kappa shape index (κ2) is 11.9. The molecule has 2 fully saturated rings. The summed E-state index contributed by atoms with van der Waals surface area (Å²) in [5, 5.41) is 11.5. The van der Waals surface area contributed by atoms with Crippen LogP contribution in [0, 0.1) is 6.92 Å². The van der Waals surface area contributed by atoms with Crippen molar-refractivity contribution in [3.05, 3.63) is 92.7 Å². The number of esters is 1. The van der Waals surface area contributed by atoms with Crippen molar-refractivity contribution >= 4 is 34.8 Å². The highest BCUT2D eigenvalue weighted by atomic mass is 16.7.